The molecule has 2 aromatic rings. The minimum absolute atomic E-state index is 0.240. The van der Waals surface area contributed by atoms with Crippen molar-refractivity contribution in [3.8, 4) is 0 Å². The van der Waals surface area contributed by atoms with Crippen LogP contribution in [-0.2, 0) is 25.4 Å². The molecule has 0 bridgehead atoms. The SMILES string of the molecule is CCc1ccc(C2OCC3(CO2)COC(c2ccc(N4CCN(C)CC4)cc2)OC3)cc1. The van der Waals surface area contributed by atoms with E-state index in [1.165, 1.54) is 11.3 Å². The number of hydrogen-bond acceptors (Lipinski definition) is 6. The van der Waals surface area contributed by atoms with Crippen molar-refractivity contribution in [3.05, 3.63) is 65.2 Å². The van der Waals surface area contributed by atoms with Crippen LogP contribution in [0.2, 0.25) is 0 Å². The number of piperazine rings is 1. The highest BCUT2D eigenvalue weighted by Crippen LogP contribution is 2.38. The van der Waals surface area contributed by atoms with E-state index in [0.29, 0.717) is 26.4 Å². The van der Waals surface area contributed by atoms with Crippen LogP contribution in [0.1, 0.15) is 36.2 Å². The largest absolute Gasteiger partial charge is 0.369 e. The van der Waals surface area contributed by atoms with Crippen LogP contribution in [0.15, 0.2) is 48.5 Å². The highest BCUT2D eigenvalue weighted by molar-refractivity contribution is 5.48. The van der Waals surface area contributed by atoms with Gasteiger partial charge in [0.15, 0.2) is 12.6 Å². The van der Waals surface area contributed by atoms with E-state index in [1.54, 1.807) is 0 Å². The summed E-state index contributed by atoms with van der Waals surface area (Å²) in [6.07, 6.45) is 0.386. The standard InChI is InChI=1S/C26H34N2O4/c1-3-20-4-6-21(7-5-20)24-29-16-26(17-30-24)18-31-25(32-19-26)22-8-10-23(11-9-22)28-14-12-27(2)13-15-28/h4-11,24-25H,3,12-19H2,1-2H3. The van der Waals surface area contributed by atoms with Gasteiger partial charge in [0, 0.05) is 43.0 Å². The van der Waals surface area contributed by atoms with Gasteiger partial charge in [0.1, 0.15) is 0 Å². The molecule has 0 radical (unpaired) electrons. The molecule has 0 amide bonds. The fourth-order valence-corrected chi connectivity index (χ4v) is 4.56. The smallest absolute Gasteiger partial charge is 0.183 e. The van der Waals surface area contributed by atoms with Crippen LogP contribution in [0.3, 0.4) is 0 Å². The van der Waals surface area contributed by atoms with Crippen molar-refractivity contribution in [1.29, 1.82) is 0 Å². The van der Waals surface area contributed by atoms with Crippen LogP contribution in [0.5, 0.6) is 0 Å². The van der Waals surface area contributed by atoms with Gasteiger partial charge in [-0.2, -0.15) is 0 Å². The first-order valence-corrected chi connectivity index (χ1v) is 11.7. The molecule has 0 aromatic heterocycles. The van der Waals surface area contributed by atoms with Gasteiger partial charge in [-0.25, -0.2) is 0 Å². The molecule has 0 saturated carbocycles. The number of likely N-dealkylation sites (N-methyl/N-ethyl adjacent to an activating group) is 1. The molecule has 0 unspecified atom stereocenters. The molecule has 0 aliphatic carbocycles. The normalized spacial score (nSPS) is 29.4. The zero-order chi connectivity index (χ0) is 22.0. The van der Waals surface area contributed by atoms with Gasteiger partial charge in [0.2, 0.25) is 0 Å². The maximum absolute atomic E-state index is 6.13. The summed E-state index contributed by atoms with van der Waals surface area (Å²) in [5.41, 5.74) is 4.46. The number of rotatable bonds is 4. The van der Waals surface area contributed by atoms with E-state index in [0.717, 1.165) is 43.7 Å². The van der Waals surface area contributed by atoms with Gasteiger partial charge < -0.3 is 28.7 Å². The van der Waals surface area contributed by atoms with E-state index in [4.69, 9.17) is 18.9 Å². The molecule has 3 aliphatic heterocycles. The molecule has 172 valence electrons. The maximum atomic E-state index is 6.13. The zero-order valence-electron chi connectivity index (χ0n) is 19.2. The van der Waals surface area contributed by atoms with E-state index in [9.17, 15) is 0 Å². The topological polar surface area (TPSA) is 43.4 Å². The average Bonchev–Trinajstić information content (AvgIpc) is 2.86. The summed E-state index contributed by atoms with van der Waals surface area (Å²) in [5.74, 6) is 0. The lowest BCUT2D eigenvalue weighted by Crippen LogP contribution is -2.49. The maximum Gasteiger partial charge on any atom is 0.183 e. The van der Waals surface area contributed by atoms with Gasteiger partial charge in [-0.3, -0.25) is 0 Å². The van der Waals surface area contributed by atoms with Crippen LogP contribution in [0, 0.1) is 5.41 Å². The molecular weight excluding hydrogens is 404 g/mol. The second-order valence-corrected chi connectivity index (χ2v) is 9.38. The molecule has 6 heteroatoms. The second kappa shape index (κ2) is 9.49. The van der Waals surface area contributed by atoms with Crippen molar-refractivity contribution in [1.82, 2.24) is 4.90 Å². The molecular formula is C26H34N2O4. The Bertz CT molecular complexity index is 860. The molecule has 3 fully saturated rings. The molecule has 6 nitrogen and oxygen atoms in total. The van der Waals surface area contributed by atoms with Crippen molar-refractivity contribution in [2.45, 2.75) is 25.9 Å². The third kappa shape index (κ3) is 4.70. The summed E-state index contributed by atoms with van der Waals surface area (Å²) < 4.78 is 24.4. The Hall–Kier alpha value is -1.96. The Morgan fingerprint density at radius 1 is 0.719 bits per heavy atom. The molecule has 0 atom stereocenters. The number of hydrogen-bond donors (Lipinski definition) is 0. The van der Waals surface area contributed by atoms with E-state index in [1.807, 2.05) is 0 Å². The van der Waals surface area contributed by atoms with Crippen molar-refractivity contribution in [2.24, 2.45) is 5.41 Å². The average molecular weight is 439 g/mol. The van der Waals surface area contributed by atoms with Gasteiger partial charge >= 0.3 is 0 Å². The van der Waals surface area contributed by atoms with Gasteiger partial charge in [-0.05, 0) is 31.2 Å². The third-order valence-corrected chi connectivity index (χ3v) is 6.86. The van der Waals surface area contributed by atoms with Crippen LogP contribution in [0.25, 0.3) is 0 Å². The summed E-state index contributed by atoms with van der Waals surface area (Å²) in [5, 5.41) is 0. The van der Waals surface area contributed by atoms with Crippen LogP contribution < -0.4 is 4.90 Å². The first-order chi connectivity index (χ1) is 15.6. The summed E-state index contributed by atoms with van der Waals surface area (Å²) in [7, 11) is 2.18. The predicted octanol–water partition coefficient (Wildman–Crippen LogP) is 3.78. The third-order valence-electron chi connectivity index (χ3n) is 6.86. The number of ether oxygens (including phenoxy) is 4. The number of benzene rings is 2. The minimum Gasteiger partial charge on any atom is -0.369 e. The van der Waals surface area contributed by atoms with Crippen molar-refractivity contribution in [2.75, 3.05) is 64.6 Å². The first-order valence-electron chi connectivity index (χ1n) is 11.7. The Labute approximate surface area is 191 Å². The molecule has 5 rings (SSSR count). The molecule has 0 N–H and O–H groups in total. The summed E-state index contributed by atoms with van der Waals surface area (Å²) in [6, 6.07) is 17.1. The number of nitrogens with zero attached hydrogens (tertiary/aromatic N) is 2. The summed E-state index contributed by atoms with van der Waals surface area (Å²) >= 11 is 0. The van der Waals surface area contributed by atoms with Crippen molar-refractivity contribution < 1.29 is 18.9 Å². The Morgan fingerprint density at radius 2 is 1.19 bits per heavy atom. The molecule has 3 saturated heterocycles. The van der Waals surface area contributed by atoms with E-state index < -0.39 is 0 Å². The molecule has 32 heavy (non-hydrogen) atoms. The molecule has 3 heterocycles. The Balaban J connectivity index is 1.13. The Kier molecular flexibility index (Phi) is 6.49. The fraction of sp³-hybridized carbons (Fsp3) is 0.538. The minimum atomic E-state index is -0.332. The summed E-state index contributed by atoms with van der Waals surface area (Å²) in [4.78, 5) is 4.80. The zero-order valence-corrected chi connectivity index (χ0v) is 19.2. The lowest BCUT2D eigenvalue weighted by molar-refractivity contribution is -0.307. The van der Waals surface area contributed by atoms with Gasteiger partial charge in [0.05, 0.1) is 31.8 Å². The van der Waals surface area contributed by atoms with Gasteiger partial charge in [-0.15, -0.1) is 0 Å². The fourth-order valence-electron chi connectivity index (χ4n) is 4.56. The Morgan fingerprint density at radius 3 is 1.66 bits per heavy atom. The predicted molar refractivity (Wildman–Crippen MR) is 124 cm³/mol. The highest BCUT2D eigenvalue weighted by atomic mass is 16.7. The van der Waals surface area contributed by atoms with Crippen molar-refractivity contribution in [3.63, 3.8) is 0 Å². The molecule has 1 spiro atoms. The molecule has 3 aliphatic rings. The first kappa shape index (κ1) is 21.9. The van der Waals surface area contributed by atoms with Gasteiger partial charge in [-0.1, -0.05) is 43.3 Å². The van der Waals surface area contributed by atoms with Gasteiger partial charge in [0.25, 0.3) is 0 Å². The quantitative estimate of drug-likeness (QED) is 0.724. The van der Waals surface area contributed by atoms with Crippen LogP contribution >= 0.6 is 0 Å². The second-order valence-electron chi connectivity index (χ2n) is 9.38. The lowest BCUT2D eigenvalue weighted by atomic mass is 9.90. The number of aryl methyl sites for hydroxylation is 1. The monoisotopic (exact) mass is 438 g/mol. The highest BCUT2D eigenvalue weighted by Gasteiger charge is 2.42. The van der Waals surface area contributed by atoms with Crippen LogP contribution in [0.4, 0.5) is 5.69 Å². The lowest BCUT2D eigenvalue weighted by Gasteiger charge is -2.43. The number of anilines is 1. The summed E-state index contributed by atoms with van der Waals surface area (Å²) in [6.45, 7) is 8.78. The van der Waals surface area contributed by atoms with E-state index in [-0.39, 0.29) is 18.0 Å². The van der Waals surface area contributed by atoms with E-state index >= 15 is 0 Å². The molecule has 2 aromatic carbocycles. The van der Waals surface area contributed by atoms with E-state index in [2.05, 4.69) is 72.3 Å². The van der Waals surface area contributed by atoms with Crippen molar-refractivity contribution >= 4 is 5.69 Å². The van der Waals surface area contributed by atoms with Crippen LogP contribution in [-0.4, -0.2) is 64.6 Å².